The molecule has 1 fully saturated rings. The van der Waals surface area contributed by atoms with Crippen LogP contribution in [0.5, 0.6) is 0 Å². The molecule has 0 atom stereocenters. The van der Waals surface area contributed by atoms with Crippen LogP contribution >= 0.6 is 0 Å². The molecule has 0 spiro atoms. The van der Waals surface area contributed by atoms with E-state index in [1.54, 1.807) is 22.1 Å². The van der Waals surface area contributed by atoms with Crippen LogP contribution < -0.4 is 5.32 Å². The maximum Gasteiger partial charge on any atom is 0.272 e. The number of rotatable bonds is 7. The van der Waals surface area contributed by atoms with Gasteiger partial charge in [0.05, 0.1) is 0 Å². The van der Waals surface area contributed by atoms with Gasteiger partial charge in [0.2, 0.25) is 12.4 Å². The van der Waals surface area contributed by atoms with Gasteiger partial charge in [-0.2, -0.15) is 0 Å². The molecule has 1 aromatic heterocycles. The lowest BCUT2D eigenvalue weighted by molar-refractivity contribution is -0.119. The molecule has 0 radical (unpaired) electrons. The minimum Gasteiger partial charge on any atom is -0.354 e. The standard InChI is InChI=1S/C15H23N5O2/c1-2-3-4-6-16-15-17-7-5-13(18-15)14(22)20-10-8-19(12-21)9-11-20/h5,7,12H,2-4,6,8-11H2,1H3,(H,16,17,18). The van der Waals surface area contributed by atoms with Crippen molar-refractivity contribution < 1.29 is 9.59 Å². The Morgan fingerprint density at radius 1 is 1.32 bits per heavy atom. The number of hydrogen-bond donors (Lipinski definition) is 1. The predicted octanol–water partition coefficient (Wildman–Crippen LogP) is 0.993. The fourth-order valence-corrected chi connectivity index (χ4v) is 2.33. The van der Waals surface area contributed by atoms with Crippen molar-refractivity contribution in [2.75, 3.05) is 38.0 Å². The second-order valence-electron chi connectivity index (χ2n) is 5.33. The molecule has 2 amide bonds. The number of hydrogen-bond acceptors (Lipinski definition) is 5. The molecule has 1 saturated heterocycles. The van der Waals surface area contributed by atoms with E-state index in [-0.39, 0.29) is 5.91 Å². The lowest BCUT2D eigenvalue weighted by atomic mass is 10.2. The summed E-state index contributed by atoms with van der Waals surface area (Å²) in [4.78, 5) is 34.9. The Labute approximate surface area is 130 Å². The molecule has 2 heterocycles. The van der Waals surface area contributed by atoms with E-state index in [0.717, 1.165) is 32.2 Å². The van der Waals surface area contributed by atoms with Crippen molar-refractivity contribution in [3.8, 4) is 0 Å². The molecule has 1 N–H and O–H groups in total. The number of aromatic nitrogens is 2. The largest absolute Gasteiger partial charge is 0.354 e. The van der Waals surface area contributed by atoms with E-state index < -0.39 is 0 Å². The molecule has 120 valence electrons. The summed E-state index contributed by atoms with van der Waals surface area (Å²) in [5.74, 6) is 0.387. The van der Waals surface area contributed by atoms with Gasteiger partial charge < -0.3 is 15.1 Å². The van der Waals surface area contributed by atoms with Crippen LogP contribution in [0.2, 0.25) is 0 Å². The predicted molar refractivity (Wildman–Crippen MR) is 83.6 cm³/mol. The average Bonchev–Trinajstić information content (AvgIpc) is 2.58. The second-order valence-corrected chi connectivity index (χ2v) is 5.33. The summed E-state index contributed by atoms with van der Waals surface area (Å²) in [5, 5.41) is 3.15. The molecular weight excluding hydrogens is 282 g/mol. The van der Waals surface area contributed by atoms with Crippen LogP contribution in [0.1, 0.15) is 36.7 Å². The maximum atomic E-state index is 12.4. The first-order valence-corrected chi connectivity index (χ1v) is 7.80. The summed E-state index contributed by atoms with van der Waals surface area (Å²) in [6, 6.07) is 1.63. The Morgan fingerprint density at radius 2 is 2.09 bits per heavy atom. The minimum atomic E-state index is -0.107. The van der Waals surface area contributed by atoms with Crippen LogP contribution in [0.4, 0.5) is 5.95 Å². The maximum absolute atomic E-state index is 12.4. The van der Waals surface area contributed by atoms with E-state index in [2.05, 4.69) is 22.2 Å². The number of nitrogens with zero attached hydrogens (tertiary/aromatic N) is 4. The van der Waals surface area contributed by atoms with Gasteiger partial charge in [0.1, 0.15) is 5.69 Å². The molecule has 7 heteroatoms. The fourth-order valence-electron chi connectivity index (χ4n) is 2.33. The summed E-state index contributed by atoms with van der Waals surface area (Å²) in [5.41, 5.74) is 0.396. The molecule has 22 heavy (non-hydrogen) atoms. The average molecular weight is 305 g/mol. The van der Waals surface area contributed by atoms with Crippen LogP contribution in [0, 0.1) is 0 Å². The zero-order valence-electron chi connectivity index (χ0n) is 13.0. The number of amides is 2. The summed E-state index contributed by atoms with van der Waals surface area (Å²) in [7, 11) is 0. The van der Waals surface area contributed by atoms with Crippen LogP contribution in [0.25, 0.3) is 0 Å². The van der Waals surface area contributed by atoms with Crippen molar-refractivity contribution in [2.45, 2.75) is 26.2 Å². The third-order valence-electron chi connectivity index (χ3n) is 3.69. The zero-order valence-corrected chi connectivity index (χ0v) is 13.0. The normalized spacial score (nSPS) is 14.8. The van der Waals surface area contributed by atoms with Crippen LogP contribution in [-0.4, -0.2) is 64.8 Å². The topological polar surface area (TPSA) is 78.4 Å². The zero-order chi connectivity index (χ0) is 15.8. The number of carbonyl (C=O) groups excluding carboxylic acids is 2. The number of nitrogens with one attached hydrogen (secondary N) is 1. The van der Waals surface area contributed by atoms with E-state index >= 15 is 0 Å². The van der Waals surface area contributed by atoms with Gasteiger partial charge in [-0.1, -0.05) is 19.8 Å². The van der Waals surface area contributed by atoms with Crippen molar-refractivity contribution in [1.82, 2.24) is 19.8 Å². The monoisotopic (exact) mass is 305 g/mol. The first-order valence-electron chi connectivity index (χ1n) is 7.80. The molecule has 0 aliphatic carbocycles. The van der Waals surface area contributed by atoms with E-state index in [1.807, 2.05) is 0 Å². The Morgan fingerprint density at radius 3 is 2.77 bits per heavy atom. The molecule has 0 unspecified atom stereocenters. The Hall–Kier alpha value is -2.18. The van der Waals surface area contributed by atoms with Crippen molar-refractivity contribution in [3.63, 3.8) is 0 Å². The molecular formula is C15H23N5O2. The minimum absolute atomic E-state index is 0.107. The SMILES string of the molecule is CCCCCNc1nccc(C(=O)N2CCN(C=O)CC2)n1. The molecule has 0 bridgehead atoms. The lowest BCUT2D eigenvalue weighted by Crippen LogP contribution is -2.48. The molecule has 1 aliphatic rings. The van der Waals surface area contributed by atoms with E-state index in [0.29, 0.717) is 37.8 Å². The molecule has 2 rings (SSSR count). The van der Waals surface area contributed by atoms with Crippen molar-refractivity contribution in [1.29, 1.82) is 0 Å². The smallest absolute Gasteiger partial charge is 0.272 e. The molecule has 0 saturated carbocycles. The second kappa shape index (κ2) is 8.31. The van der Waals surface area contributed by atoms with Gasteiger partial charge in [0.15, 0.2) is 0 Å². The van der Waals surface area contributed by atoms with Gasteiger partial charge in [-0.15, -0.1) is 0 Å². The van der Waals surface area contributed by atoms with Crippen LogP contribution in [0.15, 0.2) is 12.3 Å². The van der Waals surface area contributed by atoms with Crippen molar-refractivity contribution >= 4 is 18.3 Å². The summed E-state index contributed by atoms with van der Waals surface area (Å²) in [6.45, 7) is 5.19. The van der Waals surface area contributed by atoms with Gasteiger partial charge in [-0.3, -0.25) is 9.59 Å². The highest BCUT2D eigenvalue weighted by atomic mass is 16.2. The Balaban J connectivity index is 1.91. The van der Waals surface area contributed by atoms with Gasteiger partial charge in [-0.25, -0.2) is 9.97 Å². The Bertz CT molecular complexity index is 500. The van der Waals surface area contributed by atoms with Gasteiger partial charge in [0, 0.05) is 38.9 Å². The van der Waals surface area contributed by atoms with E-state index in [9.17, 15) is 9.59 Å². The first-order chi connectivity index (χ1) is 10.7. The number of piperazine rings is 1. The fraction of sp³-hybridized carbons (Fsp3) is 0.600. The van der Waals surface area contributed by atoms with Crippen LogP contribution in [-0.2, 0) is 4.79 Å². The summed E-state index contributed by atoms with van der Waals surface area (Å²) >= 11 is 0. The number of anilines is 1. The Kier molecular flexibility index (Phi) is 6.12. The quantitative estimate of drug-likeness (QED) is 0.600. The highest BCUT2D eigenvalue weighted by Gasteiger charge is 2.22. The highest BCUT2D eigenvalue weighted by Crippen LogP contribution is 2.08. The molecule has 7 nitrogen and oxygen atoms in total. The van der Waals surface area contributed by atoms with Crippen molar-refractivity contribution in [2.24, 2.45) is 0 Å². The number of carbonyl (C=O) groups is 2. The highest BCUT2D eigenvalue weighted by molar-refractivity contribution is 5.92. The summed E-state index contributed by atoms with van der Waals surface area (Å²) < 4.78 is 0. The number of unbranched alkanes of at least 4 members (excludes halogenated alkanes) is 2. The summed E-state index contributed by atoms with van der Waals surface area (Å²) in [6.07, 6.45) is 5.81. The van der Waals surface area contributed by atoms with Gasteiger partial charge in [0.25, 0.3) is 5.91 Å². The van der Waals surface area contributed by atoms with Crippen molar-refractivity contribution in [3.05, 3.63) is 18.0 Å². The molecule has 0 aromatic carbocycles. The first kappa shape index (κ1) is 16.2. The van der Waals surface area contributed by atoms with Crippen LogP contribution in [0.3, 0.4) is 0 Å². The molecule has 1 aromatic rings. The van der Waals surface area contributed by atoms with Gasteiger partial charge >= 0.3 is 0 Å². The van der Waals surface area contributed by atoms with Gasteiger partial charge in [-0.05, 0) is 12.5 Å². The lowest BCUT2D eigenvalue weighted by Gasteiger charge is -2.32. The third-order valence-corrected chi connectivity index (χ3v) is 3.69. The van der Waals surface area contributed by atoms with E-state index in [4.69, 9.17) is 0 Å². The third kappa shape index (κ3) is 4.41. The van der Waals surface area contributed by atoms with E-state index in [1.165, 1.54) is 0 Å². The molecule has 1 aliphatic heterocycles.